The normalized spacial score (nSPS) is 30.3. The Labute approximate surface area is 93.9 Å². The van der Waals surface area contributed by atoms with Crippen molar-refractivity contribution in [2.24, 2.45) is 17.3 Å². The summed E-state index contributed by atoms with van der Waals surface area (Å²) in [5, 5.41) is 0. The molecule has 1 saturated carbocycles. The van der Waals surface area contributed by atoms with E-state index < -0.39 is 0 Å². The minimum atomic E-state index is 0.303. The Morgan fingerprint density at radius 3 is 2.67 bits per heavy atom. The van der Waals surface area contributed by atoms with Gasteiger partial charge in [0.15, 0.2) is 0 Å². The zero-order valence-corrected chi connectivity index (χ0v) is 10.6. The largest absolute Gasteiger partial charge is 0.300 e. The number of hydrogen-bond donors (Lipinski definition) is 0. The Morgan fingerprint density at radius 1 is 1.53 bits per heavy atom. The third kappa shape index (κ3) is 2.70. The van der Waals surface area contributed by atoms with Crippen LogP contribution in [0.3, 0.4) is 0 Å². The molecule has 0 radical (unpaired) electrons. The van der Waals surface area contributed by atoms with Crippen molar-refractivity contribution >= 4 is 5.78 Å². The fourth-order valence-corrected chi connectivity index (χ4v) is 2.74. The monoisotopic (exact) mass is 208 g/mol. The summed E-state index contributed by atoms with van der Waals surface area (Å²) in [4.78, 5) is 11.1. The van der Waals surface area contributed by atoms with Crippen LogP contribution in [0.1, 0.15) is 53.4 Å². The van der Waals surface area contributed by atoms with Gasteiger partial charge in [-0.15, -0.1) is 0 Å². The highest BCUT2D eigenvalue weighted by atomic mass is 16.1. The van der Waals surface area contributed by atoms with Crippen LogP contribution in [0.4, 0.5) is 0 Å². The molecule has 0 spiro atoms. The molecule has 0 aliphatic heterocycles. The molecule has 0 saturated heterocycles. The van der Waals surface area contributed by atoms with Crippen molar-refractivity contribution in [1.82, 2.24) is 0 Å². The molecule has 1 nitrogen and oxygen atoms in total. The van der Waals surface area contributed by atoms with Crippen LogP contribution in [0.15, 0.2) is 12.2 Å². The van der Waals surface area contributed by atoms with E-state index in [1.807, 2.05) is 0 Å². The summed E-state index contributed by atoms with van der Waals surface area (Å²) >= 11 is 0. The van der Waals surface area contributed by atoms with E-state index in [9.17, 15) is 4.79 Å². The molecule has 86 valence electrons. The predicted octanol–water partition coefficient (Wildman–Crippen LogP) is 3.98. The Balaban J connectivity index is 2.72. The Bertz CT molecular complexity index is 263. The third-order valence-electron chi connectivity index (χ3n) is 4.34. The SMILES string of the molecule is C=C1CC[C@@H](C)C(C)(C)[C@H]1CCC(C)=O. The first-order valence-electron chi connectivity index (χ1n) is 6.02. The minimum Gasteiger partial charge on any atom is -0.300 e. The number of rotatable bonds is 3. The first kappa shape index (κ1) is 12.5. The maximum absolute atomic E-state index is 11.1. The molecule has 15 heavy (non-hydrogen) atoms. The van der Waals surface area contributed by atoms with Gasteiger partial charge in [0.25, 0.3) is 0 Å². The van der Waals surface area contributed by atoms with Crippen molar-refractivity contribution in [3.05, 3.63) is 12.2 Å². The maximum atomic E-state index is 11.1. The molecular weight excluding hydrogens is 184 g/mol. The predicted molar refractivity (Wildman–Crippen MR) is 64.7 cm³/mol. The number of hydrogen-bond acceptors (Lipinski definition) is 1. The van der Waals surface area contributed by atoms with Crippen LogP contribution < -0.4 is 0 Å². The first-order chi connectivity index (χ1) is 6.85. The summed E-state index contributed by atoms with van der Waals surface area (Å²) in [6.07, 6.45) is 4.10. The topological polar surface area (TPSA) is 17.1 Å². The minimum absolute atomic E-state index is 0.303. The van der Waals surface area contributed by atoms with Crippen molar-refractivity contribution < 1.29 is 4.79 Å². The summed E-state index contributed by atoms with van der Waals surface area (Å²) in [6, 6.07) is 0. The highest BCUT2D eigenvalue weighted by Gasteiger charge is 2.39. The average molecular weight is 208 g/mol. The van der Waals surface area contributed by atoms with Crippen LogP contribution in [0, 0.1) is 17.3 Å². The average Bonchev–Trinajstić information content (AvgIpc) is 2.11. The number of allylic oxidation sites excluding steroid dienone is 1. The number of Topliss-reactive ketones (excluding diaryl/α,β-unsaturated/α-hetero) is 1. The fourth-order valence-electron chi connectivity index (χ4n) is 2.74. The van der Waals surface area contributed by atoms with Crippen molar-refractivity contribution in [3.63, 3.8) is 0 Å². The summed E-state index contributed by atoms with van der Waals surface area (Å²) in [6.45, 7) is 12.9. The van der Waals surface area contributed by atoms with Crippen LogP contribution in [-0.2, 0) is 4.79 Å². The van der Waals surface area contributed by atoms with Gasteiger partial charge in [-0.2, -0.15) is 0 Å². The van der Waals surface area contributed by atoms with Crippen molar-refractivity contribution in [2.45, 2.75) is 53.4 Å². The Hall–Kier alpha value is -0.590. The molecule has 0 aromatic rings. The second-order valence-corrected chi connectivity index (χ2v) is 5.71. The van der Waals surface area contributed by atoms with Crippen molar-refractivity contribution in [3.8, 4) is 0 Å². The first-order valence-corrected chi connectivity index (χ1v) is 6.02. The molecule has 0 bridgehead atoms. The van der Waals surface area contributed by atoms with Gasteiger partial charge in [-0.05, 0) is 43.4 Å². The highest BCUT2D eigenvalue weighted by Crippen LogP contribution is 2.48. The molecular formula is C14H24O. The second-order valence-electron chi connectivity index (χ2n) is 5.71. The molecule has 0 aromatic heterocycles. The fraction of sp³-hybridized carbons (Fsp3) is 0.786. The van der Waals surface area contributed by atoms with Gasteiger partial charge in [0.2, 0.25) is 0 Å². The quantitative estimate of drug-likeness (QED) is 0.641. The smallest absolute Gasteiger partial charge is 0.129 e. The zero-order valence-electron chi connectivity index (χ0n) is 10.6. The van der Waals surface area contributed by atoms with Crippen LogP contribution in [0.25, 0.3) is 0 Å². The van der Waals surface area contributed by atoms with Gasteiger partial charge in [-0.1, -0.05) is 32.9 Å². The number of ketones is 1. The van der Waals surface area contributed by atoms with E-state index in [4.69, 9.17) is 0 Å². The molecule has 1 fully saturated rings. The molecule has 2 atom stereocenters. The second kappa shape index (κ2) is 4.51. The van der Waals surface area contributed by atoms with Gasteiger partial charge in [-0.3, -0.25) is 0 Å². The zero-order chi connectivity index (χ0) is 11.6. The van der Waals surface area contributed by atoms with Gasteiger partial charge in [0.1, 0.15) is 5.78 Å². The van der Waals surface area contributed by atoms with Crippen LogP contribution in [0.5, 0.6) is 0 Å². The van der Waals surface area contributed by atoms with Gasteiger partial charge >= 0.3 is 0 Å². The molecule has 1 rings (SSSR count). The molecule has 0 amide bonds. The van der Waals surface area contributed by atoms with Gasteiger partial charge < -0.3 is 4.79 Å². The lowest BCUT2D eigenvalue weighted by Crippen LogP contribution is -2.36. The van der Waals surface area contributed by atoms with Crippen molar-refractivity contribution in [2.75, 3.05) is 0 Å². The molecule has 0 heterocycles. The number of carbonyl (C=O) groups is 1. The van der Waals surface area contributed by atoms with E-state index >= 15 is 0 Å². The summed E-state index contributed by atoms with van der Waals surface area (Å²) in [7, 11) is 0. The maximum Gasteiger partial charge on any atom is 0.129 e. The molecule has 0 aromatic carbocycles. The summed E-state index contributed by atoms with van der Waals surface area (Å²) < 4.78 is 0. The summed E-state index contributed by atoms with van der Waals surface area (Å²) in [5.41, 5.74) is 1.67. The highest BCUT2D eigenvalue weighted by molar-refractivity contribution is 5.75. The van der Waals surface area contributed by atoms with Crippen LogP contribution in [0.2, 0.25) is 0 Å². The third-order valence-corrected chi connectivity index (χ3v) is 4.34. The Morgan fingerprint density at radius 2 is 2.13 bits per heavy atom. The van der Waals surface area contributed by atoms with Crippen molar-refractivity contribution in [1.29, 1.82) is 0 Å². The lowest BCUT2D eigenvalue weighted by Gasteiger charge is -2.45. The molecule has 1 aliphatic rings. The van der Waals surface area contributed by atoms with Gasteiger partial charge in [0.05, 0.1) is 0 Å². The lowest BCUT2D eigenvalue weighted by atomic mass is 9.60. The van der Waals surface area contributed by atoms with Gasteiger partial charge in [-0.25, -0.2) is 0 Å². The van der Waals surface area contributed by atoms with E-state index in [0.29, 0.717) is 23.5 Å². The molecule has 0 unspecified atom stereocenters. The van der Waals surface area contributed by atoms with E-state index in [2.05, 4.69) is 27.4 Å². The summed E-state index contributed by atoms with van der Waals surface area (Å²) in [5.74, 6) is 1.57. The molecule has 1 heteroatoms. The van der Waals surface area contributed by atoms with E-state index in [1.54, 1.807) is 6.92 Å². The van der Waals surface area contributed by atoms with Crippen LogP contribution >= 0.6 is 0 Å². The van der Waals surface area contributed by atoms with E-state index in [-0.39, 0.29) is 0 Å². The standard InChI is InChI=1S/C14H24O/c1-10-6-7-11(2)14(4,5)13(10)9-8-12(3)15/h11,13H,1,6-9H2,2-5H3/t11-,13+/m1/s1. The van der Waals surface area contributed by atoms with Gasteiger partial charge in [0, 0.05) is 6.42 Å². The Kier molecular flexibility index (Phi) is 3.75. The number of carbonyl (C=O) groups excluding carboxylic acids is 1. The van der Waals surface area contributed by atoms with E-state index in [0.717, 1.165) is 18.8 Å². The van der Waals surface area contributed by atoms with Crippen LogP contribution in [-0.4, -0.2) is 5.78 Å². The molecule has 1 aliphatic carbocycles. The lowest BCUT2D eigenvalue weighted by molar-refractivity contribution is -0.117. The van der Waals surface area contributed by atoms with E-state index in [1.165, 1.54) is 12.0 Å². The molecule has 0 N–H and O–H groups in total.